The molecule has 0 fully saturated rings. The Balaban J connectivity index is 2.46. The van der Waals surface area contributed by atoms with Crippen LogP contribution in [-0.2, 0) is 0 Å². The molecule has 0 heterocycles. The van der Waals surface area contributed by atoms with Crippen LogP contribution in [0.2, 0.25) is 0 Å². The third-order valence-electron chi connectivity index (χ3n) is 2.25. The van der Waals surface area contributed by atoms with Gasteiger partial charge in [-0.25, -0.2) is 8.78 Å². The van der Waals surface area contributed by atoms with E-state index in [1.54, 1.807) is 18.2 Å². The van der Waals surface area contributed by atoms with Gasteiger partial charge >= 0.3 is 0 Å². The highest BCUT2D eigenvalue weighted by atomic mass is 19.2. The molecule has 1 radical (unpaired) electrons. The molecule has 0 aliphatic rings. The highest BCUT2D eigenvalue weighted by molar-refractivity contribution is 5.64. The Bertz CT molecular complexity index is 509. The van der Waals surface area contributed by atoms with Crippen molar-refractivity contribution in [1.29, 1.82) is 0 Å². The van der Waals surface area contributed by atoms with Crippen molar-refractivity contribution in [3.63, 3.8) is 0 Å². The second-order valence-electron chi connectivity index (χ2n) is 3.27. The van der Waals surface area contributed by atoms with E-state index in [-0.39, 0.29) is 0 Å². The van der Waals surface area contributed by atoms with E-state index in [4.69, 9.17) is 4.74 Å². The number of methoxy groups -OCH3 is 1. The minimum Gasteiger partial charge on any atom is -0.496 e. The third-order valence-corrected chi connectivity index (χ3v) is 2.25. The highest BCUT2D eigenvalue weighted by Gasteiger charge is 2.05. The van der Waals surface area contributed by atoms with Crippen molar-refractivity contribution in [1.82, 2.24) is 0 Å². The van der Waals surface area contributed by atoms with E-state index < -0.39 is 11.6 Å². The maximum absolute atomic E-state index is 13.0. The Hall–Kier alpha value is -1.90. The van der Waals surface area contributed by atoms with Gasteiger partial charge in [-0.2, -0.15) is 0 Å². The van der Waals surface area contributed by atoms with Gasteiger partial charge in [0.15, 0.2) is 11.6 Å². The fourth-order valence-electron chi connectivity index (χ4n) is 1.42. The molecule has 2 aromatic rings. The van der Waals surface area contributed by atoms with E-state index in [0.29, 0.717) is 11.3 Å². The fourth-order valence-corrected chi connectivity index (χ4v) is 1.42. The first kappa shape index (κ1) is 10.6. The van der Waals surface area contributed by atoms with Gasteiger partial charge in [-0.3, -0.25) is 0 Å². The molecule has 81 valence electrons. The molecular formula is C13H9F2O. The quantitative estimate of drug-likeness (QED) is 0.751. The van der Waals surface area contributed by atoms with Crippen LogP contribution < -0.4 is 4.74 Å². The molecule has 2 aromatic carbocycles. The van der Waals surface area contributed by atoms with Gasteiger partial charge in [0, 0.05) is 6.07 Å². The van der Waals surface area contributed by atoms with Gasteiger partial charge in [-0.05, 0) is 35.4 Å². The monoisotopic (exact) mass is 219 g/mol. The molecule has 2 rings (SSSR count). The summed E-state index contributed by atoms with van der Waals surface area (Å²) >= 11 is 0. The zero-order valence-electron chi connectivity index (χ0n) is 8.63. The Labute approximate surface area is 92.3 Å². The van der Waals surface area contributed by atoms with Gasteiger partial charge in [-0.15, -0.1) is 0 Å². The van der Waals surface area contributed by atoms with Gasteiger partial charge in [0.1, 0.15) is 5.75 Å². The predicted molar refractivity (Wildman–Crippen MR) is 57.2 cm³/mol. The average molecular weight is 219 g/mol. The molecule has 16 heavy (non-hydrogen) atoms. The molecular weight excluding hydrogens is 210 g/mol. The van der Waals surface area contributed by atoms with E-state index in [2.05, 4.69) is 6.07 Å². The molecule has 0 atom stereocenters. The van der Waals surface area contributed by atoms with Crippen LogP contribution in [0.25, 0.3) is 11.1 Å². The second kappa shape index (κ2) is 4.31. The Morgan fingerprint density at radius 1 is 1.00 bits per heavy atom. The van der Waals surface area contributed by atoms with Crippen LogP contribution in [0, 0.1) is 17.7 Å². The smallest absolute Gasteiger partial charge is 0.159 e. The van der Waals surface area contributed by atoms with Crippen LogP contribution in [0.15, 0.2) is 36.4 Å². The second-order valence-corrected chi connectivity index (χ2v) is 3.27. The number of halogens is 2. The lowest BCUT2D eigenvalue weighted by Gasteiger charge is -2.04. The maximum atomic E-state index is 13.0. The Kier molecular flexibility index (Phi) is 2.86. The summed E-state index contributed by atoms with van der Waals surface area (Å²) in [6, 6.07) is 11.8. The summed E-state index contributed by atoms with van der Waals surface area (Å²) in [5.74, 6) is -1.15. The van der Waals surface area contributed by atoms with Gasteiger partial charge in [-0.1, -0.05) is 12.1 Å². The molecule has 0 aliphatic heterocycles. The molecule has 0 aliphatic carbocycles. The van der Waals surface area contributed by atoms with Crippen molar-refractivity contribution in [2.75, 3.05) is 7.11 Å². The average Bonchev–Trinajstić information content (AvgIpc) is 2.33. The molecule has 3 heteroatoms. The topological polar surface area (TPSA) is 9.23 Å². The molecule has 0 N–H and O–H groups in total. The van der Waals surface area contributed by atoms with Crippen molar-refractivity contribution >= 4 is 0 Å². The Morgan fingerprint density at radius 2 is 1.75 bits per heavy atom. The van der Waals surface area contributed by atoms with Crippen molar-refractivity contribution < 1.29 is 13.5 Å². The SMILES string of the molecule is COc1[c]ccc(-c2ccc(F)c(F)c2)c1. The van der Waals surface area contributed by atoms with Gasteiger partial charge in [0.05, 0.1) is 7.11 Å². The number of benzene rings is 2. The lowest BCUT2D eigenvalue weighted by atomic mass is 10.1. The van der Waals surface area contributed by atoms with Crippen molar-refractivity contribution in [3.8, 4) is 16.9 Å². The minimum atomic E-state index is -0.857. The van der Waals surface area contributed by atoms with Gasteiger partial charge in [0.25, 0.3) is 0 Å². The predicted octanol–water partition coefficient (Wildman–Crippen LogP) is 3.44. The van der Waals surface area contributed by atoms with E-state index in [0.717, 1.165) is 17.7 Å². The van der Waals surface area contributed by atoms with E-state index in [1.807, 2.05) is 0 Å². The van der Waals surface area contributed by atoms with Gasteiger partial charge < -0.3 is 4.74 Å². The molecule has 1 nitrogen and oxygen atoms in total. The standard InChI is InChI=1S/C13H9F2O/c1-16-11-4-2-3-9(7-11)10-5-6-12(14)13(15)8-10/h2-3,5-8H,1H3. The number of ether oxygens (including phenoxy) is 1. The summed E-state index contributed by atoms with van der Waals surface area (Å²) in [4.78, 5) is 0. The molecule has 0 bridgehead atoms. The fraction of sp³-hybridized carbons (Fsp3) is 0.0769. The maximum Gasteiger partial charge on any atom is 0.159 e. The molecule has 0 aromatic heterocycles. The van der Waals surface area contributed by atoms with E-state index in [1.165, 1.54) is 13.2 Å². The van der Waals surface area contributed by atoms with Crippen molar-refractivity contribution in [3.05, 3.63) is 54.1 Å². The molecule has 0 unspecified atom stereocenters. The number of hydrogen-bond acceptors (Lipinski definition) is 1. The third kappa shape index (κ3) is 2.03. The number of hydrogen-bond donors (Lipinski definition) is 0. The van der Waals surface area contributed by atoms with E-state index >= 15 is 0 Å². The summed E-state index contributed by atoms with van der Waals surface area (Å²) in [5.41, 5.74) is 1.36. The summed E-state index contributed by atoms with van der Waals surface area (Å²) in [6.07, 6.45) is 0. The van der Waals surface area contributed by atoms with Crippen LogP contribution in [0.4, 0.5) is 8.78 Å². The molecule has 0 amide bonds. The summed E-state index contributed by atoms with van der Waals surface area (Å²) in [7, 11) is 1.53. The zero-order valence-corrected chi connectivity index (χ0v) is 8.63. The zero-order chi connectivity index (χ0) is 11.5. The summed E-state index contributed by atoms with van der Waals surface area (Å²) < 4.78 is 30.8. The van der Waals surface area contributed by atoms with Crippen molar-refractivity contribution in [2.45, 2.75) is 0 Å². The summed E-state index contributed by atoms with van der Waals surface area (Å²) in [5, 5.41) is 0. The van der Waals surface area contributed by atoms with Crippen LogP contribution in [0.5, 0.6) is 5.75 Å². The number of rotatable bonds is 2. The van der Waals surface area contributed by atoms with Crippen LogP contribution in [0.1, 0.15) is 0 Å². The minimum absolute atomic E-state index is 0.558. The largest absolute Gasteiger partial charge is 0.496 e. The first-order valence-corrected chi connectivity index (χ1v) is 4.72. The first-order chi connectivity index (χ1) is 7.70. The molecule has 0 saturated heterocycles. The van der Waals surface area contributed by atoms with Gasteiger partial charge in [0.2, 0.25) is 0 Å². The lowest BCUT2D eigenvalue weighted by Crippen LogP contribution is -1.87. The van der Waals surface area contributed by atoms with Crippen LogP contribution in [-0.4, -0.2) is 7.11 Å². The highest BCUT2D eigenvalue weighted by Crippen LogP contribution is 2.24. The first-order valence-electron chi connectivity index (χ1n) is 4.72. The van der Waals surface area contributed by atoms with Crippen LogP contribution >= 0.6 is 0 Å². The van der Waals surface area contributed by atoms with Crippen molar-refractivity contribution in [2.24, 2.45) is 0 Å². The normalized spacial score (nSPS) is 10.2. The van der Waals surface area contributed by atoms with E-state index in [9.17, 15) is 8.78 Å². The lowest BCUT2D eigenvalue weighted by molar-refractivity contribution is 0.414. The molecule has 0 spiro atoms. The Morgan fingerprint density at radius 3 is 2.44 bits per heavy atom. The molecule has 0 saturated carbocycles. The van der Waals surface area contributed by atoms with Crippen LogP contribution in [0.3, 0.4) is 0 Å². The summed E-state index contributed by atoms with van der Waals surface area (Å²) in [6.45, 7) is 0.